The van der Waals surface area contributed by atoms with Crippen LogP contribution in [0.1, 0.15) is 11.1 Å². The van der Waals surface area contributed by atoms with E-state index in [2.05, 4.69) is 22.0 Å². The van der Waals surface area contributed by atoms with Crippen LogP contribution in [0.5, 0.6) is 0 Å². The molecule has 1 aromatic carbocycles. The molecule has 18 heavy (non-hydrogen) atoms. The van der Waals surface area contributed by atoms with Crippen LogP contribution in [0.15, 0.2) is 46.5 Å². The van der Waals surface area contributed by atoms with Gasteiger partial charge in [-0.15, -0.1) is 0 Å². The molecule has 1 aliphatic rings. The number of aromatic nitrogens is 1. The molecule has 0 saturated carbocycles. The number of hydrogen-bond acceptors (Lipinski definition) is 4. The number of benzene rings is 1. The first kappa shape index (κ1) is 10.6. The number of nitrogens with one attached hydrogen (secondary N) is 2. The van der Waals surface area contributed by atoms with E-state index in [9.17, 15) is 4.79 Å². The highest BCUT2D eigenvalue weighted by molar-refractivity contribution is 6.01. The molecule has 0 radical (unpaired) electrons. The van der Waals surface area contributed by atoms with Crippen LogP contribution in [-0.2, 0) is 4.84 Å². The highest BCUT2D eigenvalue weighted by Crippen LogP contribution is 2.14. The number of pyridine rings is 1. The van der Waals surface area contributed by atoms with Crippen molar-refractivity contribution in [3.8, 4) is 0 Å². The first-order valence-electron chi connectivity index (χ1n) is 5.48. The Balaban J connectivity index is 2.22. The molecule has 1 aliphatic heterocycles. The van der Waals surface area contributed by atoms with Gasteiger partial charge in [0.2, 0.25) is 5.88 Å². The smallest absolute Gasteiger partial charge is 0.259 e. The molecule has 0 unspecified atom stereocenters. The highest BCUT2D eigenvalue weighted by Gasteiger charge is 2.16. The van der Waals surface area contributed by atoms with Crippen molar-refractivity contribution in [2.45, 2.75) is 6.92 Å². The fourth-order valence-corrected chi connectivity index (χ4v) is 1.88. The third-order valence-electron chi connectivity index (χ3n) is 2.76. The number of nitrogens with zero attached hydrogens (tertiary/aromatic N) is 1. The van der Waals surface area contributed by atoms with Crippen LogP contribution in [-0.4, -0.2) is 10.8 Å². The standard InChI is InChI=1S/C13H11N3O2/c1-7-3-4-9-6-10(12-14-8(2)18-16-12)13(17)15-11(9)5-7/h3-6H,2H2,1H3,(H,14,16)(H,15,17). The van der Waals surface area contributed by atoms with Crippen molar-refractivity contribution in [2.24, 2.45) is 4.99 Å². The van der Waals surface area contributed by atoms with Crippen molar-refractivity contribution in [1.82, 2.24) is 10.5 Å². The van der Waals surface area contributed by atoms with Crippen LogP contribution >= 0.6 is 0 Å². The molecule has 2 heterocycles. The number of hydroxylamine groups is 1. The number of aliphatic imine (C=N–C) groups is 1. The average molecular weight is 241 g/mol. The molecule has 5 heteroatoms. The SMILES string of the molecule is C=C1N=C(c2cc3ccc(C)cc3[nH]c2=O)NO1. The molecule has 0 bridgehead atoms. The van der Waals surface area contributed by atoms with Crippen LogP contribution < -0.4 is 11.0 Å². The second-order valence-corrected chi connectivity index (χ2v) is 4.16. The van der Waals surface area contributed by atoms with E-state index in [1.807, 2.05) is 25.1 Å². The van der Waals surface area contributed by atoms with Crippen molar-refractivity contribution in [2.75, 3.05) is 0 Å². The summed E-state index contributed by atoms with van der Waals surface area (Å²) in [6.45, 7) is 5.53. The van der Waals surface area contributed by atoms with Gasteiger partial charge in [0.05, 0.1) is 5.56 Å². The lowest BCUT2D eigenvalue weighted by Crippen LogP contribution is -2.26. The molecule has 2 aromatic rings. The van der Waals surface area contributed by atoms with Gasteiger partial charge in [-0.1, -0.05) is 12.1 Å². The Hall–Kier alpha value is -2.56. The lowest BCUT2D eigenvalue weighted by atomic mass is 10.1. The Morgan fingerprint density at radius 2 is 2.17 bits per heavy atom. The fourth-order valence-electron chi connectivity index (χ4n) is 1.88. The number of amidine groups is 1. The quantitative estimate of drug-likeness (QED) is 0.796. The Kier molecular flexibility index (Phi) is 2.19. The third kappa shape index (κ3) is 1.66. The number of aromatic amines is 1. The van der Waals surface area contributed by atoms with Gasteiger partial charge < -0.3 is 9.82 Å². The topological polar surface area (TPSA) is 66.5 Å². The van der Waals surface area contributed by atoms with E-state index in [-0.39, 0.29) is 11.4 Å². The van der Waals surface area contributed by atoms with E-state index in [0.29, 0.717) is 11.4 Å². The summed E-state index contributed by atoms with van der Waals surface area (Å²) in [5, 5.41) is 0.942. The van der Waals surface area contributed by atoms with Gasteiger partial charge in [-0.2, -0.15) is 4.99 Å². The number of aryl methyl sites for hydroxylation is 1. The molecule has 3 rings (SSSR count). The maximum Gasteiger partial charge on any atom is 0.259 e. The summed E-state index contributed by atoms with van der Waals surface area (Å²) in [7, 11) is 0. The Bertz CT molecular complexity index is 743. The van der Waals surface area contributed by atoms with Crippen LogP contribution in [0.25, 0.3) is 10.9 Å². The van der Waals surface area contributed by atoms with Crippen LogP contribution in [0.2, 0.25) is 0 Å². The van der Waals surface area contributed by atoms with Gasteiger partial charge in [0.15, 0.2) is 5.84 Å². The highest BCUT2D eigenvalue weighted by atomic mass is 16.7. The van der Waals surface area contributed by atoms with Crippen molar-refractivity contribution in [1.29, 1.82) is 0 Å². The first-order valence-corrected chi connectivity index (χ1v) is 5.48. The molecule has 0 saturated heterocycles. The summed E-state index contributed by atoms with van der Waals surface area (Å²) < 4.78 is 0. The van der Waals surface area contributed by atoms with E-state index in [0.717, 1.165) is 16.5 Å². The minimum absolute atomic E-state index is 0.211. The third-order valence-corrected chi connectivity index (χ3v) is 2.76. The molecule has 0 spiro atoms. The summed E-state index contributed by atoms with van der Waals surface area (Å²) in [5.74, 6) is 0.622. The Morgan fingerprint density at radius 3 is 2.89 bits per heavy atom. The van der Waals surface area contributed by atoms with Gasteiger partial charge in [-0.05, 0) is 36.6 Å². The number of rotatable bonds is 1. The summed E-state index contributed by atoms with van der Waals surface area (Å²) >= 11 is 0. The second-order valence-electron chi connectivity index (χ2n) is 4.16. The zero-order valence-electron chi connectivity index (χ0n) is 9.78. The van der Waals surface area contributed by atoms with E-state index in [1.54, 1.807) is 6.07 Å². The van der Waals surface area contributed by atoms with Gasteiger partial charge in [0, 0.05) is 5.52 Å². The zero-order chi connectivity index (χ0) is 12.7. The minimum atomic E-state index is -0.211. The molecule has 2 N–H and O–H groups in total. The van der Waals surface area contributed by atoms with E-state index >= 15 is 0 Å². The summed E-state index contributed by atoms with van der Waals surface area (Å²) in [6.07, 6.45) is 0. The zero-order valence-corrected chi connectivity index (χ0v) is 9.78. The molecule has 0 amide bonds. The van der Waals surface area contributed by atoms with Gasteiger partial charge >= 0.3 is 0 Å². The van der Waals surface area contributed by atoms with Gasteiger partial charge in [0.25, 0.3) is 5.56 Å². The molecule has 1 aromatic heterocycles. The van der Waals surface area contributed by atoms with Gasteiger partial charge in [-0.25, -0.2) is 5.48 Å². The molecular formula is C13H11N3O2. The molecule has 5 nitrogen and oxygen atoms in total. The summed E-state index contributed by atoms with van der Waals surface area (Å²) in [4.78, 5) is 23.7. The van der Waals surface area contributed by atoms with Crippen molar-refractivity contribution in [3.63, 3.8) is 0 Å². The van der Waals surface area contributed by atoms with E-state index < -0.39 is 0 Å². The van der Waals surface area contributed by atoms with Gasteiger partial charge in [0.1, 0.15) is 0 Å². The van der Waals surface area contributed by atoms with Crippen LogP contribution in [0.3, 0.4) is 0 Å². The van der Waals surface area contributed by atoms with Crippen LogP contribution in [0, 0.1) is 6.92 Å². The Labute approximate surface area is 103 Å². The van der Waals surface area contributed by atoms with Gasteiger partial charge in [-0.3, -0.25) is 4.79 Å². The number of fused-ring (bicyclic) bond motifs is 1. The first-order chi connectivity index (χ1) is 8.63. The average Bonchev–Trinajstić information content (AvgIpc) is 2.74. The molecule has 90 valence electrons. The minimum Gasteiger partial charge on any atom is -0.361 e. The normalized spacial score (nSPS) is 14.3. The lowest BCUT2D eigenvalue weighted by Gasteiger charge is -2.03. The van der Waals surface area contributed by atoms with E-state index in [1.165, 1.54) is 0 Å². The van der Waals surface area contributed by atoms with E-state index in [4.69, 9.17) is 4.84 Å². The second kappa shape index (κ2) is 3.73. The van der Waals surface area contributed by atoms with Crippen molar-refractivity contribution in [3.05, 3.63) is 58.2 Å². The number of H-pyrrole nitrogens is 1. The van der Waals surface area contributed by atoms with Crippen LogP contribution in [0.4, 0.5) is 0 Å². The maximum atomic E-state index is 12.0. The predicted molar refractivity (Wildman–Crippen MR) is 69.2 cm³/mol. The maximum absolute atomic E-state index is 12.0. The lowest BCUT2D eigenvalue weighted by molar-refractivity contribution is 0.179. The number of hydrogen-bond donors (Lipinski definition) is 2. The Morgan fingerprint density at radius 1 is 1.33 bits per heavy atom. The van der Waals surface area contributed by atoms with Crippen molar-refractivity contribution >= 4 is 16.7 Å². The largest absolute Gasteiger partial charge is 0.361 e. The van der Waals surface area contributed by atoms with Crippen molar-refractivity contribution < 1.29 is 4.84 Å². The summed E-state index contributed by atoms with van der Waals surface area (Å²) in [5.41, 5.74) is 4.70. The fraction of sp³-hybridized carbons (Fsp3) is 0.0769. The molecule has 0 aliphatic carbocycles. The molecular weight excluding hydrogens is 230 g/mol. The predicted octanol–water partition coefficient (Wildman–Crippen LogP) is 1.59. The molecule has 0 atom stereocenters. The monoisotopic (exact) mass is 241 g/mol. The molecule has 0 fully saturated rings. The summed E-state index contributed by atoms with van der Waals surface area (Å²) in [6, 6.07) is 7.65.